The van der Waals surface area contributed by atoms with Gasteiger partial charge in [0.25, 0.3) is 0 Å². The lowest BCUT2D eigenvalue weighted by molar-refractivity contribution is -0.0592. The number of carboxylic acids is 1. The van der Waals surface area contributed by atoms with Crippen LogP contribution in [0.4, 0.5) is 0 Å². The number of benzene rings is 1. The van der Waals surface area contributed by atoms with E-state index in [1.165, 1.54) is 26.0 Å². The number of piperidine rings is 1. The molecule has 0 bridgehead atoms. The molecule has 39 heavy (non-hydrogen) atoms. The molecule has 2 saturated heterocycles. The molecular formula is C29H31IN4O4S. The summed E-state index contributed by atoms with van der Waals surface area (Å²) >= 11 is 3.61. The van der Waals surface area contributed by atoms with E-state index < -0.39 is 5.97 Å². The van der Waals surface area contributed by atoms with Gasteiger partial charge in [0.1, 0.15) is 22.1 Å². The number of ether oxygens (including phenoxy) is 2. The van der Waals surface area contributed by atoms with Crippen LogP contribution in [0.15, 0.2) is 42.5 Å². The molecule has 6 rings (SSSR count). The molecule has 1 aromatic carbocycles. The van der Waals surface area contributed by atoms with Crippen LogP contribution in [0, 0.1) is 10.5 Å². The van der Waals surface area contributed by atoms with Crippen molar-refractivity contribution in [3.05, 3.63) is 73.6 Å². The van der Waals surface area contributed by atoms with Crippen LogP contribution in [0.1, 0.15) is 57.5 Å². The summed E-state index contributed by atoms with van der Waals surface area (Å²) in [6, 6.07) is 14.3. The Morgan fingerprint density at radius 3 is 2.72 bits per heavy atom. The topological polar surface area (TPSA) is 89.7 Å². The van der Waals surface area contributed by atoms with Gasteiger partial charge in [0.15, 0.2) is 0 Å². The molecule has 2 aliphatic heterocycles. The van der Waals surface area contributed by atoms with Crippen LogP contribution in [-0.4, -0.2) is 56.3 Å². The zero-order valence-electron chi connectivity index (χ0n) is 21.8. The summed E-state index contributed by atoms with van der Waals surface area (Å²) in [7, 11) is 0. The van der Waals surface area contributed by atoms with Gasteiger partial charge >= 0.3 is 5.97 Å². The van der Waals surface area contributed by atoms with Gasteiger partial charge in [-0.1, -0.05) is 23.8 Å². The van der Waals surface area contributed by atoms with Gasteiger partial charge in [-0.15, -0.1) is 11.3 Å². The van der Waals surface area contributed by atoms with Gasteiger partial charge in [-0.05, 0) is 80.1 Å². The Kier molecular flexibility index (Phi) is 7.88. The summed E-state index contributed by atoms with van der Waals surface area (Å²) in [5, 5.41) is 9.43. The Balaban J connectivity index is 1.09. The molecule has 0 saturated carbocycles. The summed E-state index contributed by atoms with van der Waals surface area (Å²) in [4.78, 5) is 24.8. The Morgan fingerprint density at radius 1 is 1.18 bits per heavy atom. The smallest absolute Gasteiger partial charge is 0.346 e. The average molecular weight is 659 g/mol. The van der Waals surface area contributed by atoms with E-state index in [4.69, 9.17) is 19.4 Å². The number of halogens is 1. The number of carboxylic acid groups (broad SMARTS) is 1. The number of carbonyl (C=O) groups is 1. The lowest BCUT2D eigenvalue weighted by atomic mass is 9.93. The Morgan fingerprint density at radius 2 is 2.00 bits per heavy atom. The highest BCUT2D eigenvalue weighted by Crippen LogP contribution is 2.31. The first-order valence-corrected chi connectivity index (χ1v) is 15.2. The second kappa shape index (κ2) is 11.5. The van der Waals surface area contributed by atoms with Gasteiger partial charge in [-0.3, -0.25) is 4.90 Å². The number of thiophene rings is 1. The number of imidazole rings is 1. The quantitative estimate of drug-likeness (QED) is 0.226. The average Bonchev–Trinajstić information content (AvgIpc) is 3.45. The molecule has 5 heterocycles. The van der Waals surface area contributed by atoms with Crippen molar-refractivity contribution in [1.82, 2.24) is 19.4 Å². The molecule has 8 nitrogen and oxygen atoms in total. The standard InChI is InChI=1S/C29H31IN4O4S/c1-18-5-6-20(22(30)13-18)17-38-27-4-2-3-23(31-27)19-7-10-33(11-8-19)16-26-32-28-24(14-25(39-28)29(35)36)34(26)15-21-9-12-37-21/h2-6,13-14,19,21H,7-12,15-17H2,1H3,(H,35,36). The number of rotatable bonds is 9. The number of hydrogen-bond donors (Lipinski definition) is 1. The van der Waals surface area contributed by atoms with Crippen LogP contribution in [0.25, 0.3) is 10.3 Å². The van der Waals surface area contributed by atoms with Crippen molar-refractivity contribution in [2.45, 2.75) is 57.9 Å². The fraction of sp³-hybridized carbons (Fsp3) is 0.414. The van der Waals surface area contributed by atoms with E-state index in [2.05, 4.69) is 63.2 Å². The maximum atomic E-state index is 11.5. The molecule has 10 heteroatoms. The molecule has 0 aliphatic carbocycles. The zero-order chi connectivity index (χ0) is 26.9. The van der Waals surface area contributed by atoms with Crippen molar-refractivity contribution >= 4 is 50.2 Å². The maximum Gasteiger partial charge on any atom is 0.346 e. The normalized spacial score (nSPS) is 18.4. The Labute approximate surface area is 245 Å². The summed E-state index contributed by atoms with van der Waals surface area (Å²) < 4.78 is 15.1. The lowest BCUT2D eigenvalue weighted by Gasteiger charge is -2.32. The first-order valence-electron chi connectivity index (χ1n) is 13.3. The largest absolute Gasteiger partial charge is 0.477 e. The van der Waals surface area contributed by atoms with E-state index >= 15 is 0 Å². The van der Waals surface area contributed by atoms with Crippen molar-refractivity contribution in [2.24, 2.45) is 0 Å². The lowest BCUT2D eigenvalue weighted by Crippen LogP contribution is -2.35. The Hall–Kier alpha value is -2.54. The molecule has 1 atom stereocenters. The van der Waals surface area contributed by atoms with E-state index in [9.17, 15) is 9.90 Å². The number of likely N-dealkylation sites (tertiary alicyclic amines) is 1. The summed E-state index contributed by atoms with van der Waals surface area (Å²) in [6.45, 7) is 6.78. The van der Waals surface area contributed by atoms with E-state index in [0.717, 1.165) is 73.9 Å². The molecule has 0 radical (unpaired) electrons. The molecule has 0 amide bonds. The fourth-order valence-electron chi connectivity index (χ4n) is 5.27. The molecule has 1 unspecified atom stereocenters. The number of pyridine rings is 1. The van der Waals surface area contributed by atoms with Gasteiger partial charge in [0.2, 0.25) is 5.88 Å². The zero-order valence-corrected chi connectivity index (χ0v) is 24.8. The maximum absolute atomic E-state index is 11.5. The third-order valence-corrected chi connectivity index (χ3v) is 9.63. The fourth-order valence-corrected chi connectivity index (χ4v) is 6.99. The van der Waals surface area contributed by atoms with Crippen LogP contribution in [-0.2, 0) is 24.4 Å². The van der Waals surface area contributed by atoms with Gasteiger partial charge in [0, 0.05) is 33.4 Å². The van der Waals surface area contributed by atoms with Crippen LogP contribution in [0.2, 0.25) is 0 Å². The highest BCUT2D eigenvalue weighted by molar-refractivity contribution is 14.1. The highest BCUT2D eigenvalue weighted by atomic mass is 127. The van der Waals surface area contributed by atoms with E-state index in [1.807, 2.05) is 12.1 Å². The van der Waals surface area contributed by atoms with E-state index in [1.54, 1.807) is 6.07 Å². The van der Waals surface area contributed by atoms with Crippen molar-refractivity contribution < 1.29 is 19.4 Å². The SMILES string of the molecule is Cc1ccc(COc2cccc(C3CCN(Cc4nc5sc(C(=O)O)cc5n4CC4CCO4)CC3)n2)c(I)c1. The molecule has 204 valence electrons. The highest BCUT2D eigenvalue weighted by Gasteiger charge is 2.27. The summed E-state index contributed by atoms with van der Waals surface area (Å²) in [5.74, 6) is 1.16. The minimum absolute atomic E-state index is 0.176. The van der Waals surface area contributed by atoms with Gasteiger partial charge in [-0.25, -0.2) is 14.8 Å². The Bertz CT molecular complexity index is 1490. The van der Waals surface area contributed by atoms with Crippen molar-refractivity contribution in [1.29, 1.82) is 0 Å². The number of aryl methyl sites for hydroxylation is 1. The van der Waals surface area contributed by atoms with Crippen LogP contribution in [0.5, 0.6) is 5.88 Å². The van der Waals surface area contributed by atoms with E-state index in [-0.39, 0.29) is 6.10 Å². The number of hydrogen-bond acceptors (Lipinski definition) is 7. The van der Waals surface area contributed by atoms with Crippen molar-refractivity contribution in [3.8, 4) is 5.88 Å². The molecule has 2 aliphatic rings. The minimum Gasteiger partial charge on any atom is -0.477 e. The molecule has 4 aromatic rings. The molecule has 3 aromatic heterocycles. The third-order valence-electron chi connectivity index (χ3n) is 7.62. The van der Waals surface area contributed by atoms with Gasteiger partial charge in [-0.2, -0.15) is 0 Å². The number of aromatic nitrogens is 3. The molecule has 0 spiro atoms. The van der Waals surface area contributed by atoms with Crippen LogP contribution < -0.4 is 4.74 Å². The summed E-state index contributed by atoms with van der Waals surface area (Å²) in [6.07, 6.45) is 3.25. The number of aromatic carboxylic acids is 1. The predicted octanol–water partition coefficient (Wildman–Crippen LogP) is 5.85. The monoisotopic (exact) mass is 658 g/mol. The van der Waals surface area contributed by atoms with Gasteiger partial charge < -0.3 is 19.1 Å². The van der Waals surface area contributed by atoms with Crippen molar-refractivity contribution in [2.75, 3.05) is 19.7 Å². The number of fused-ring (bicyclic) bond motifs is 1. The molecule has 1 N–H and O–H groups in total. The van der Waals surface area contributed by atoms with Gasteiger partial charge in [0.05, 0.1) is 24.7 Å². The number of nitrogens with zero attached hydrogens (tertiary/aromatic N) is 4. The molecule has 2 fully saturated rings. The second-order valence-electron chi connectivity index (χ2n) is 10.4. The van der Waals surface area contributed by atoms with E-state index in [0.29, 0.717) is 23.3 Å². The first kappa shape index (κ1) is 26.7. The third kappa shape index (κ3) is 5.98. The second-order valence-corrected chi connectivity index (χ2v) is 12.6. The van der Waals surface area contributed by atoms with Crippen molar-refractivity contribution in [3.63, 3.8) is 0 Å². The molecular weight excluding hydrogens is 627 g/mol. The predicted molar refractivity (Wildman–Crippen MR) is 159 cm³/mol. The van der Waals surface area contributed by atoms with Crippen LogP contribution >= 0.6 is 33.9 Å². The van der Waals surface area contributed by atoms with Crippen LogP contribution in [0.3, 0.4) is 0 Å². The summed E-state index contributed by atoms with van der Waals surface area (Å²) in [5.41, 5.74) is 4.41. The first-order chi connectivity index (χ1) is 18.9. The minimum atomic E-state index is -0.902.